The second-order valence-corrected chi connectivity index (χ2v) is 7.67. The summed E-state index contributed by atoms with van der Waals surface area (Å²) in [5.74, 6) is -0.463. The number of carbonyl (C=O) groups is 1. The van der Waals surface area contributed by atoms with Gasteiger partial charge >= 0.3 is 0 Å². The molecule has 0 aliphatic carbocycles. The van der Waals surface area contributed by atoms with E-state index in [-0.39, 0.29) is 12.1 Å². The number of carbonyl (C=O) groups excluding carboxylic acids is 1. The number of benzene rings is 2. The molecule has 164 valence electrons. The molecule has 0 aliphatic rings. The predicted molar refractivity (Wildman–Crippen MR) is 124 cm³/mol. The molecule has 10 heteroatoms. The fraction of sp³-hybridized carbons (Fsp3) is 0.0870. The van der Waals surface area contributed by atoms with Gasteiger partial charge in [0.1, 0.15) is 5.52 Å². The van der Waals surface area contributed by atoms with Crippen LogP contribution in [0.1, 0.15) is 16.1 Å². The zero-order chi connectivity index (χ0) is 22.9. The molecule has 3 aromatic heterocycles. The van der Waals surface area contributed by atoms with Crippen LogP contribution in [0.5, 0.6) is 0 Å². The molecule has 5 aromatic rings. The van der Waals surface area contributed by atoms with Crippen LogP contribution in [0.4, 0.5) is 0 Å². The fourth-order valence-electron chi connectivity index (χ4n) is 3.59. The van der Waals surface area contributed by atoms with Gasteiger partial charge in [0.25, 0.3) is 11.5 Å². The summed E-state index contributed by atoms with van der Waals surface area (Å²) in [6.07, 6.45) is 1.46. The topological polar surface area (TPSA) is 103 Å². The minimum atomic E-state index is -0.533. The van der Waals surface area contributed by atoms with Crippen LogP contribution in [0.15, 0.2) is 71.7 Å². The van der Waals surface area contributed by atoms with Crippen LogP contribution in [0.3, 0.4) is 0 Å². The van der Waals surface area contributed by atoms with Crippen LogP contribution in [0.25, 0.3) is 27.8 Å². The molecule has 0 spiro atoms. The van der Waals surface area contributed by atoms with E-state index < -0.39 is 11.5 Å². The normalized spacial score (nSPS) is 11.2. The third kappa shape index (κ3) is 3.73. The minimum absolute atomic E-state index is 0.0625. The monoisotopic (exact) mass is 460 g/mol. The number of methoxy groups -OCH3 is 1. The molecule has 9 nitrogen and oxygen atoms in total. The van der Waals surface area contributed by atoms with Crippen LogP contribution in [0.2, 0.25) is 5.02 Å². The number of fused-ring (bicyclic) bond motifs is 3. The van der Waals surface area contributed by atoms with Gasteiger partial charge in [0.15, 0.2) is 11.2 Å². The van der Waals surface area contributed by atoms with E-state index in [1.54, 1.807) is 42.0 Å². The Morgan fingerprint density at radius 1 is 1.06 bits per heavy atom. The van der Waals surface area contributed by atoms with Crippen molar-refractivity contribution in [2.24, 2.45) is 0 Å². The highest BCUT2D eigenvalue weighted by Crippen LogP contribution is 2.28. The van der Waals surface area contributed by atoms with Crippen molar-refractivity contribution in [1.82, 2.24) is 24.5 Å². The predicted octanol–water partition coefficient (Wildman–Crippen LogP) is 3.29. The van der Waals surface area contributed by atoms with Gasteiger partial charge in [-0.15, -0.1) is 10.2 Å². The van der Waals surface area contributed by atoms with Crippen molar-refractivity contribution in [2.45, 2.75) is 6.61 Å². The molecule has 1 N–H and O–H groups in total. The molecular formula is C23H17ClN6O3. The number of halogens is 1. The Balaban J connectivity index is 1.61. The van der Waals surface area contributed by atoms with E-state index in [1.807, 2.05) is 30.3 Å². The van der Waals surface area contributed by atoms with Crippen LogP contribution in [-0.2, 0) is 11.3 Å². The highest BCUT2D eigenvalue weighted by molar-refractivity contribution is 6.30. The number of aromatic nitrogens is 5. The van der Waals surface area contributed by atoms with E-state index >= 15 is 0 Å². The summed E-state index contributed by atoms with van der Waals surface area (Å²) < 4.78 is 7.96. The summed E-state index contributed by atoms with van der Waals surface area (Å²) in [6, 6.07) is 17.7. The number of nitrogens with one attached hydrogen (secondary N) is 1. The number of pyridine rings is 1. The number of hydrogen-bond acceptors (Lipinski definition) is 6. The van der Waals surface area contributed by atoms with Gasteiger partial charge in [0.05, 0.1) is 17.9 Å². The lowest BCUT2D eigenvalue weighted by Gasteiger charge is -2.09. The van der Waals surface area contributed by atoms with Crippen molar-refractivity contribution in [3.05, 3.63) is 93.5 Å². The molecule has 0 fully saturated rings. The van der Waals surface area contributed by atoms with Crippen molar-refractivity contribution in [2.75, 3.05) is 12.5 Å². The maximum absolute atomic E-state index is 13.0. The Kier molecular flexibility index (Phi) is 5.33. The number of rotatable bonds is 5. The minimum Gasteiger partial charge on any atom is -0.378 e. The molecule has 0 saturated heterocycles. The van der Waals surface area contributed by atoms with Gasteiger partial charge in [-0.25, -0.2) is 9.19 Å². The molecule has 3 heterocycles. The van der Waals surface area contributed by atoms with E-state index in [2.05, 4.69) is 20.7 Å². The average Bonchev–Trinajstić information content (AvgIpc) is 3.20. The summed E-state index contributed by atoms with van der Waals surface area (Å²) >= 11 is 5.87. The molecule has 0 unspecified atom stereocenters. The highest BCUT2D eigenvalue weighted by atomic mass is 35.5. The molecule has 33 heavy (non-hydrogen) atoms. The number of nitrogens with zero attached hydrogens (tertiary/aromatic N) is 5. The first-order chi connectivity index (χ1) is 16.1. The summed E-state index contributed by atoms with van der Waals surface area (Å²) in [5.41, 5.74) is 5.77. The average molecular weight is 461 g/mol. The van der Waals surface area contributed by atoms with Gasteiger partial charge in [-0.1, -0.05) is 41.9 Å². The van der Waals surface area contributed by atoms with Crippen LogP contribution in [0, 0.1) is 0 Å². The number of amides is 1. The Morgan fingerprint density at radius 3 is 2.55 bits per heavy atom. The van der Waals surface area contributed by atoms with Gasteiger partial charge in [0, 0.05) is 23.9 Å². The van der Waals surface area contributed by atoms with E-state index in [4.69, 9.17) is 16.3 Å². The van der Waals surface area contributed by atoms with Gasteiger partial charge in [-0.2, -0.15) is 5.10 Å². The van der Waals surface area contributed by atoms with Crippen molar-refractivity contribution in [3.8, 4) is 11.1 Å². The van der Waals surface area contributed by atoms with E-state index in [0.717, 1.165) is 15.8 Å². The molecule has 2 aromatic carbocycles. The van der Waals surface area contributed by atoms with Crippen molar-refractivity contribution in [1.29, 1.82) is 0 Å². The molecule has 5 rings (SSSR count). The van der Waals surface area contributed by atoms with Crippen molar-refractivity contribution in [3.63, 3.8) is 0 Å². The Bertz CT molecular complexity index is 1540. The maximum atomic E-state index is 13.0. The first-order valence-electron chi connectivity index (χ1n) is 9.98. The fourth-order valence-corrected chi connectivity index (χ4v) is 3.72. The quantitative estimate of drug-likeness (QED) is 0.431. The zero-order valence-corrected chi connectivity index (χ0v) is 18.2. The van der Waals surface area contributed by atoms with Gasteiger partial charge in [-0.05, 0) is 35.9 Å². The Labute approximate surface area is 192 Å². The van der Waals surface area contributed by atoms with Crippen LogP contribution >= 0.6 is 11.6 Å². The second kappa shape index (κ2) is 8.45. The molecule has 0 saturated carbocycles. The van der Waals surface area contributed by atoms with Crippen LogP contribution < -0.4 is 11.0 Å². The Hall–Kier alpha value is -4.08. The summed E-state index contributed by atoms with van der Waals surface area (Å²) in [5, 5.41) is 13.6. The second-order valence-electron chi connectivity index (χ2n) is 7.23. The standard InChI is InChI=1S/C23H17ClN6O3/c1-33-13-17-19(14-5-3-2-4-6-14)21-26-25-20-18(30(21)27-17)11-12-29(23(20)32)28-22(31)15-7-9-16(24)10-8-15/h2-12H,13H2,1H3,(H,28,31). The summed E-state index contributed by atoms with van der Waals surface area (Å²) in [4.78, 5) is 25.6. The lowest BCUT2D eigenvalue weighted by atomic mass is 10.1. The van der Waals surface area contributed by atoms with Crippen molar-refractivity contribution < 1.29 is 9.53 Å². The van der Waals surface area contributed by atoms with E-state index in [1.165, 1.54) is 6.20 Å². The number of hydrogen-bond donors (Lipinski definition) is 1. The van der Waals surface area contributed by atoms with E-state index in [9.17, 15) is 9.59 Å². The SMILES string of the molecule is COCc1nn2c(nnc3c(=O)n(NC(=O)c4ccc(Cl)cc4)ccc32)c1-c1ccccc1. The maximum Gasteiger partial charge on any atom is 0.299 e. The lowest BCUT2D eigenvalue weighted by Crippen LogP contribution is -2.33. The van der Waals surface area contributed by atoms with E-state index in [0.29, 0.717) is 27.4 Å². The third-order valence-corrected chi connectivity index (χ3v) is 5.38. The third-order valence-electron chi connectivity index (χ3n) is 5.12. The number of ether oxygens (including phenoxy) is 1. The molecule has 0 atom stereocenters. The molecular weight excluding hydrogens is 444 g/mol. The first kappa shape index (κ1) is 20.8. The first-order valence-corrected chi connectivity index (χ1v) is 10.4. The Morgan fingerprint density at radius 2 is 1.82 bits per heavy atom. The lowest BCUT2D eigenvalue weighted by molar-refractivity contribution is 0.101. The van der Waals surface area contributed by atoms with Crippen LogP contribution in [-0.4, -0.2) is 37.5 Å². The summed E-state index contributed by atoms with van der Waals surface area (Å²) in [7, 11) is 1.59. The largest absolute Gasteiger partial charge is 0.378 e. The molecule has 0 radical (unpaired) electrons. The van der Waals surface area contributed by atoms with Gasteiger partial charge in [0.2, 0.25) is 0 Å². The highest BCUT2D eigenvalue weighted by Gasteiger charge is 2.20. The van der Waals surface area contributed by atoms with Gasteiger partial charge < -0.3 is 4.74 Å². The molecule has 1 amide bonds. The van der Waals surface area contributed by atoms with Gasteiger partial charge in [-0.3, -0.25) is 15.0 Å². The molecule has 0 bridgehead atoms. The smallest absolute Gasteiger partial charge is 0.299 e. The summed E-state index contributed by atoms with van der Waals surface area (Å²) in [6.45, 7) is 0.267. The molecule has 0 aliphatic heterocycles. The van der Waals surface area contributed by atoms with Crippen molar-refractivity contribution >= 4 is 34.2 Å². The zero-order valence-electron chi connectivity index (χ0n) is 17.4.